The maximum atomic E-state index is 5.85. The van der Waals surface area contributed by atoms with E-state index < -0.39 is 0 Å². The molecule has 0 radical (unpaired) electrons. The van der Waals surface area contributed by atoms with Crippen LogP contribution in [0.2, 0.25) is 0 Å². The van der Waals surface area contributed by atoms with Gasteiger partial charge in [0.25, 0.3) is 0 Å². The highest BCUT2D eigenvalue weighted by Crippen LogP contribution is 2.32. The average molecular weight is 309 g/mol. The highest BCUT2D eigenvalue weighted by Gasteiger charge is 2.16. The number of nitrogens with one attached hydrogen (secondary N) is 1. The van der Waals surface area contributed by atoms with Gasteiger partial charge in [-0.15, -0.1) is 0 Å². The van der Waals surface area contributed by atoms with Gasteiger partial charge in [-0.2, -0.15) is 0 Å². The Balaban J connectivity index is 1.85. The normalized spacial score (nSPS) is 14.3. The van der Waals surface area contributed by atoms with Crippen LogP contribution in [0.5, 0.6) is 0 Å². The zero-order valence-corrected chi connectivity index (χ0v) is 14.2. The smallest absolute Gasteiger partial charge is 0.134 e. The third-order valence-electron chi connectivity index (χ3n) is 3.75. The summed E-state index contributed by atoms with van der Waals surface area (Å²) in [5, 5.41) is 0. The molecule has 0 atom stereocenters. The van der Waals surface area contributed by atoms with Crippen LogP contribution in [0.4, 0.5) is 5.82 Å². The second-order valence-electron chi connectivity index (χ2n) is 6.92. The van der Waals surface area contributed by atoms with Crippen molar-refractivity contribution in [1.29, 1.82) is 0 Å². The first-order chi connectivity index (χ1) is 10.9. The maximum absolute atomic E-state index is 5.85. The predicted octanol–water partition coefficient (Wildman–Crippen LogP) is 4.39. The van der Waals surface area contributed by atoms with Crippen molar-refractivity contribution in [2.45, 2.75) is 39.7 Å². The van der Waals surface area contributed by atoms with Crippen molar-refractivity contribution in [1.82, 2.24) is 9.97 Å². The van der Waals surface area contributed by atoms with Gasteiger partial charge in [0.15, 0.2) is 0 Å². The van der Waals surface area contributed by atoms with Crippen LogP contribution in [0, 0.1) is 6.92 Å². The molecule has 0 saturated heterocycles. The number of fused-ring (bicyclic) bond motifs is 1. The first-order valence-electron chi connectivity index (χ1n) is 7.92. The summed E-state index contributed by atoms with van der Waals surface area (Å²) in [6.07, 6.45) is 10.7. The van der Waals surface area contributed by atoms with Gasteiger partial charge < -0.3 is 9.72 Å². The Labute approximate surface area is 137 Å². The van der Waals surface area contributed by atoms with Crippen LogP contribution < -0.4 is 0 Å². The van der Waals surface area contributed by atoms with Crippen molar-refractivity contribution in [2.24, 2.45) is 4.99 Å². The number of aliphatic imine (C=N–C) groups is 1. The van der Waals surface area contributed by atoms with Crippen molar-refractivity contribution in [3.63, 3.8) is 0 Å². The van der Waals surface area contributed by atoms with E-state index in [0.717, 1.165) is 28.9 Å². The molecule has 2 aromatic rings. The molecule has 0 aliphatic carbocycles. The van der Waals surface area contributed by atoms with Crippen LogP contribution >= 0.6 is 0 Å². The molecule has 4 nitrogen and oxygen atoms in total. The van der Waals surface area contributed by atoms with Gasteiger partial charge in [0, 0.05) is 41.5 Å². The number of pyridine rings is 1. The van der Waals surface area contributed by atoms with Gasteiger partial charge in [0.05, 0.1) is 12.2 Å². The van der Waals surface area contributed by atoms with E-state index in [0.29, 0.717) is 6.61 Å². The van der Waals surface area contributed by atoms with Crippen LogP contribution in [-0.2, 0) is 11.2 Å². The zero-order valence-electron chi connectivity index (χ0n) is 14.2. The molecule has 1 N–H and O–H groups in total. The summed E-state index contributed by atoms with van der Waals surface area (Å²) in [7, 11) is 0. The van der Waals surface area contributed by atoms with Crippen molar-refractivity contribution in [2.75, 3.05) is 6.61 Å². The van der Waals surface area contributed by atoms with Crippen molar-refractivity contribution < 1.29 is 4.74 Å². The number of hydrogen-bond acceptors (Lipinski definition) is 3. The summed E-state index contributed by atoms with van der Waals surface area (Å²) in [4.78, 5) is 12.2. The summed E-state index contributed by atoms with van der Waals surface area (Å²) in [5.74, 6) is 0.920. The number of aromatic nitrogens is 2. The van der Waals surface area contributed by atoms with E-state index in [-0.39, 0.29) is 5.60 Å². The fourth-order valence-electron chi connectivity index (χ4n) is 2.55. The van der Waals surface area contributed by atoms with Gasteiger partial charge in [0.2, 0.25) is 0 Å². The maximum Gasteiger partial charge on any atom is 0.134 e. The molecule has 1 aliphatic heterocycles. The van der Waals surface area contributed by atoms with E-state index in [1.165, 1.54) is 11.1 Å². The van der Waals surface area contributed by atoms with Gasteiger partial charge in [-0.1, -0.05) is 6.08 Å². The number of aromatic amines is 1. The van der Waals surface area contributed by atoms with E-state index in [1.807, 2.05) is 24.8 Å². The summed E-state index contributed by atoms with van der Waals surface area (Å²) in [6, 6.07) is 2.15. The van der Waals surface area contributed by atoms with Crippen molar-refractivity contribution in [3.8, 4) is 11.1 Å². The molecule has 23 heavy (non-hydrogen) atoms. The highest BCUT2D eigenvalue weighted by atomic mass is 16.5. The van der Waals surface area contributed by atoms with Crippen LogP contribution in [0.15, 0.2) is 41.3 Å². The number of hydrogen-bond donors (Lipinski definition) is 1. The van der Waals surface area contributed by atoms with Gasteiger partial charge in [-0.3, -0.25) is 4.98 Å². The van der Waals surface area contributed by atoms with Crippen molar-refractivity contribution in [3.05, 3.63) is 47.4 Å². The Morgan fingerprint density at radius 1 is 1.26 bits per heavy atom. The topological polar surface area (TPSA) is 50.3 Å². The fraction of sp³-hybridized carbons (Fsp3) is 0.368. The Hall–Kier alpha value is -2.20. The van der Waals surface area contributed by atoms with Crippen LogP contribution in [0.1, 0.15) is 31.9 Å². The highest BCUT2D eigenvalue weighted by molar-refractivity contribution is 5.84. The molecule has 0 spiro atoms. The molecule has 0 fully saturated rings. The molecule has 0 aromatic carbocycles. The summed E-state index contributed by atoms with van der Waals surface area (Å²) >= 11 is 0. The minimum atomic E-state index is -0.145. The third kappa shape index (κ3) is 3.77. The van der Waals surface area contributed by atoms with Gasteiger partial charge in [-0.25, -0.2) is 4.99 Å². The second-order valence-corrected chi connectivity index (χ2v) is 6.92. The Morgan fingerprint density at radius 3 is 2.83 bits per heavy atom. The lowest BCUT2D eigenvalue weighted by atomic mass is 10.0. The SMILES string of the molecule is Cc1cncc(-c2c[nH]c3c2CC=C(COC(C)(C)C)C=N3)c1. The van der Waals surface area contributed by atoms with Crippen LogP contribution in [0.25, 0.3) is 11.1 Å². The third-order valence-corrected chi connectivity index (χ3v) is 3.75. The van der Waals surface area contributed by atoms with Crippen molar-refractivity contribution >= 4 is 12.0 Å². The summed E-state index contributed by atoms with van der Waals surface area (Å²) < 4.78 is 5.85. The van der Waals surface area contributed by atoms with E-state index in [2.05, 4.69) is 54.8 Å². The lowest BCUT2D eigenvalue weighted by Gasteiger charge is -2.19. The van der Waals surface area contributed by atoms with Gasteiger partial charge in [-0.05, 0) is 51.3 Å². The minimum absolute atomic E-state index is 0.145. The first kappa shape index (κ1) is 15.7. The van der Waals surface area contributed by atoms with Crippen LogP contribution in [-0.4, -0.2) is 28.4 Å². The Morgan fingerprint density at radius 2 is 2.09 bits per heavy atom. The predicted molar refractivity (Wildman–Crippen MR) is 94.4 cm³/mol. The standard InChI is InChI=1S/C19H23N3O/c1-13-7-15(10-20-8-13)17-11-22-18-16(17)6-5-14(9-21-18)12-23-19(2,3)4/h5,7-11,22H,6,12H2,1-4H3. The molecule has 0 saturated carbocycles. The number of aryl methyl sites for hydroxylation is 1. The number of nitrogens with zero attached hydrogens (tertiary/aromatic N) is 2. The minimum Gasteiger partial charge on any atom is -0.371 e. The second kappa shape index (κ2) is 6.13. The van der Waals surface area contributed by atoms with E-state index in [4.69, 9.17) is 4.74 Å². The Bertz CT molecular complexity index is 763. The molecule has 0 bridgehead atoms. The molecule has 2 aromatic heterocycles. The largest absolute Gasteiger partial charge is 0.371 e. The molecule has 1 aliphatic rings. The summed E-state index contributed by atoms with van der Waals surface area (Å²) in [6.45, 7) is 8.83. The molecular formula is C19H23N3O. The molecule has 4 heteroatoms. The monoisotopic (exact) mass is 309 g/mol. The number of H-pyrrole nitrogens is 1. The number of rotatable bonds is 3. The number of allylic oxidation sites excluding steroid dienone is 1. The van der Waals surface area contributed by atoms with E-state index in [1.54, 1.807) is 0 Å². The Kier molecular flexibility index (Phi) is 4.18. The summed E-state index contributed by atoms with van der Waals surface area (Å²) in [5.41, 5.74) is 5.62. The lowest BCUT2D eigenvalue weighted by Crippen LogP contribution is -2.20. The molecule has 3 heterocycles. The molecule has 120 valence electrons. The quantitative estimate of drug-likeness (QED) is 0.914. The van der Waals surface area contributed by atoms with E-state index >= 15 is 0 Å². The number of ether oxygens (including phenoxy) is 1. The molecule has 0 unspecified atom stereocenters. The molecule has 0 amide bonds. The average Bonchev–Trinajstić information content (AvgIpc) is 2.78. The lowest BCUT2D eigenvalue weighted by molar-refractivity contribution is 0.0130. The zero-order chi connectivity index (χ0) is 16.4. The van der Waals surface area contributed by atoms with Gasteiger partial charge >= 0.3 is 0 Å². The first-order valence-corrected chi connectivity index (χ1v) is 7.92. The molecular weight excluding hydrogens is 286 g/mol. The van der Waals surface area contributed by atoms with Crippen LogP contribution in [0.3, 0.4) is 0 Å². The van der Waals surface area contributed by atoms with E-state index in [9.17, 15) is 0 Å². The molecule has 3 rings (SSSR count). The fourth-order valence-corrected chi connectivity index (χ4v) is 2.55. The van der Waals surface area contributed by atoms with Gasteiger partial charge in [0.1, 0.15) is 5.82 Å².